The van der Waals surface area contributed by atoms with E-state index < -0.39 is 17.3 Å². The molecule has 1 aromatic carbocycles. The lowest BCUT2D eigenvalue weighted by atomic mass is 10.00. The highest BCUT2D eigenvalue weighted by molar-refractivity contribution is 5.98. The predicted molar refractivity (Wildman–Crippen MR) is 70.1 cm³/mol. The highest BCUT2D eigenvalue weighted by Gasteiger charge is 2.74. The Morgan fingerprint density at radius 2 is 2.15 bits per heavy atom. The fraction of sp³-hybridized carbons (Fsp3) is 0.438. The number of ether oxygens (including phenoxy) is 1. The van der Waals surface area contributed by atoms with Crippen LogP contribution in [0.15, 0.2) is 30.3 Å². The van der Waals surface area contributed by atoms with Gasteiger partial charge in [0.25, 0.3) is 0 Å². The van der Waals surface area contributed by atoms with Gasteiger partial charge in [-0.05, 0) is 18.4 Å². The van der Waals surface area contributed by atoms with Crippen LogP contribution in [0.1, 0.15) is 24.8 Å². The van der Waals surface area contributed by atoms with Crippen LogP contribution in [0.5, 0.6) is 0 Å². The van der Waals surface area contributed by atoms with Gasteiger partial charge >= 0.3 is 5.97 Å². The Hall–Kier alpha value is -2.15. The lowest BCUT2D eigenvalue weighted by molar-refractivity contribution is -0.151. The Morgan fingerprint density at radius 1 is 1.40 bits per heavy atom. The zero-order chi connectivity index (χ0) is 14.2. The van der Waals surface area contributed by atoms with Crippen molar-refractivity contribution in [2.24, 2.45) is 17.3 Å². The second kappa shape index (κ2) is 4.75. The molecular weight excluding hydrogens is 254 g/mol. The molecule has 0 N–H and O–H groups in total. The molecule has 0 amide bonds. The molecule has 2 saturated carbocycles. The molecule has 0 radical (unpaired) electrons. The number of benzene rings is 1. The molecule has 4 nitrogen and oxygen atoms in total. The second-order valence-corrected chi connectivity index (χ2v) is 5.49. The van der Waals surface area contributed by atoms with Crippen LogP contribution in [-0.2, 0) is 20.9 Å². The van der Waals surface area contributed by atoms with E-state index in [1.807, 2.05) is 30.3 Å². The van der Waals surface area contributed by atoms with Gasteiger partial charge in [-0.2, -0.15) is 5.26 Å². The molecule has 102 valence electrons. The number of hydrogen-bond acceptors (Lipinski definition) is 4. The van der Waals surface area contributed by atoms with E-state index in [2.05, 4.69) is 6.07 Å². The minimum absolute atomic E-state index is 0.0412. The number of hydrogen-bond donors (Lipinski definition) is 0. The topological polar surface area (TPSA) is 67.2 Å². The number of esters is 1. The summed E-state index contributed by atoms with van der Waals surface area (Å²) in [5.41, 5.74) is -0.327. The highest BCUT2D eigenvalue weighted by atomic mass is 16.5. The number of rotatable bonds is 3. The Kier molecular flexibility index (Phi) is 3.06. The van der Waals surface area contributed by atoms with E-state index in [4.69, 9.17) is 4.74 Å². The zero-order valence-electron chi connectivity index (χ0n) is 11.0. The quantitative estimate of drug-likeness (QED) is 0.789. The van der Waals surface area contributed by atoms with Crippen LogP contribution < -0.4 is 0 Å². The predicted octanol–water partition coefficient (Wildman–Crippen LogP) is 2.24. The second-order valence-electron chi connectivity index (χ2n) is 5.49. The van der Waals surface area contributed by atoms with Gasteiger partial charge in [-0.3, -0.25) is 9.59 Å². The Morgan fingerprint density at radius 3 is 2.80 bits per heavy atom. The molecule has 2 fully saturated rings. The summed E-state index contributed by atoms with van der Waals surface area (Å²) in [6, 6.07) is 11.4. The van der Waals surface area contributed by atoms with E-state index in [9.17, 15) is 14.9 Å². The summed E-state index contributed by atoms with van der Waals surface area (Å²) in [5.74, 6) is -1.05. The minimum Gasteiger partial charge on any atom is -0.460 e. The summed E-state index contributed by atoms with van der Waals surface area (Å²) in [5, 5.41) is 9.37. The lowest BCUT2D eigenvalue weighted by Crippen LogP contribution is -2.22. The van der Waals surface area contributed by atoms with E-state index in [0.29, 0.717) is 6.42 Å². The maximum absolute atomic E-state index is 12.2. The summed E-state index contributed by atoms with van der Waals surface area (Å²) >= 11 is 0. The molecule has 0 aromatic heterocycles. The van der Waals surface area contributed by atoms with Gasteiger partial charge in [0.15, 0.2) is 5.41 Å². The molecule has 2 aliphatic carbocycles. The average molecular weight is 269 g/mol. The third-order valence-electron chi connectivity index (χ3n) is 4.39. The average Bonchev–Trinajstić information content (AvgIpc) is 3.17. The number of fused-ring (bicyclic) bond motifs is 1. The summed E-state index contributed by atoms with van der Waals surface area (Å²) < 4.78 is 5.27. The Bertz CT molecular complexity index is 589. The third-order valence-corrected chi connectivity index (χ3v) is 4.39. The first-order valence-corrected chi connectivity index (χ1v) is 6.85. The van der Waals surface area contributed by atoms with E-state index in [0.717, 1.165) is 18.4 Å². The zero-order valence-corrected chi connectivity index (χ0v) is 11.0. The van der Waals surface area contributed by atoms with Crippen molar-refractivity contribution in [3.63, 3.8) is 0 Å². The molecular formula is C16H15NO3. The molecule has 3 atom stereocenters. The van der Waals surface area contributed by atoms with Crippen LogP contribution in [0.3, 0.4) is 0 Å². The van der Waals surface area contributed by atoms with Crippen LogP contribution in [0, 0.1) is 28.6 Å². The van der Waals surface area contributed by atoms with Crippen molar-refractivity contribution in [1.29, 1.82) is 5.26 Å². The van der Waals surface area contributed by atoms with E-state index in [-0.39, 0.29) is 18.3 Å². The maximum Gasteiger partial charge on any atom is 0.327 e. The molecule has 0 heterocycles. The summed E-state index contributed by atoms with van der Waals surface area (Å²) in [7, 11) is 0. The molecule has 1 aromatic rings. The summed E-state index contributed by atoms with van der Waals surface area (Å²) in [4.78, 5) is 24.1. The molecule has 3 rings (SSSR count). The monoisotopic (exact) mass is 269 g/mol. The van der Waals surface area contributed by atoms with Crippen LogP contribution in [0.25, 0.3) is 0 Å². The Labute approximate surface area is 117 Å². The van der Waals surface area contributed by atoms with Crippen molar-refractivity contribution in [1.82, 2.24) is 0 Å². The van der Waals surface area contributed by atoms with Crippen molar-refractivity contribution in [3.8, 4) is 6.07 Å². The van der Waals surface area contributed by atoms with Gasteiger partial charge < -0.3 is 4.74 Å². The van der Waals surface area contributed by atoms with Crippen LogP contribution in [0.4, 0.5) is 0 Å². The number of Topliss-reactive ketones (excluding diaryl/α,β-unsaturated/α-hetero) is 1. The van der Waals surface area contributed by atoms with Gasteiger partial charge in [0, 0.05) is 12.3 Å². The van der Waals surface area contributed by atoms with E-state index in [1.165, 1.54) is 0 Å². The number of ketones is 1. The van der Waals surface area contributed by atoms with Crippen molar-refractivity contribution < 1.29 is 14.3 Å². The van der Waals surface area contributed by atoms with Crippen molar-refractivity contribution in [2.45, 2.75) is 25.9 Å². The van der Waals surface area contributed by atoms with Crippen molar-refractivity contribution in [2.75, 3.05) is 0 Å². The first-order chi connectivity index (χ1) is 9.70. The largest absolute Gasteiger partial charge is 0.460 e. The van der Waals surface area contributed by atoms with E-state index >= 15 is 0 Å². The third kappa shape index (κ3) is 1.82. The molecule has 4 heteroatoms. The molecule has 0 bridgehead atoms. The minimum atomic E-state index is -1.21. The molecule has 20 heavy (non-hydrogen) atoms. The standard InChI is InChI=1S/C16H15NO3/c17-10-16(12-7-4-8-13(18)14(12)16)15(19)20-9-11-5-2-1-3-6-11/h1-3,5-6,12,14H,4,7-9H2/t12-,14-,16+/m0/s1. The molecule has 0 unspecified atom stereocenters. The van der Waals surface area contributed by atoms with Crippen LogP contribution >= 0.6 is 0 Å². The van der Waals surface area contributed by atoms with Crippen LogP contribution in [-0.4, -0.2) is 11.8 Å². The van der Waals surface area contributed by atoms with Gasteiger partial charge in [0.1, 0.15) is 12.4 Å². The fourth-order valence-electron chi connectivity index (χ4n) is 3.30. The number of nitrogens with zero attached hydrogens (tertiary/aromatic N) is 1. The number of nitriles is 1. The highest BCUT2D eigenvalue weighted by Crippen LogP contribution is 2.64. The van der Waals surface area contributed by atoms with Gasteiger partial charge in [-0.25, -0.2) is 0 Å². The summed E-state index contributed by atoms with van der Waals surface area (Å²) in [6.45, 7) is 0.150. The first-order valence-electron chi connectivity index (χ1n) is 6.85. The molecule has 0 aliphatic heterocycles. The maximum atomic E-state index is 12.2. The fourth-order valence-corrected chi connectivity index (χ4v) is 3.30. The van der Waals surface area contributed by atoms with Crippen molar-refractivity contribution in [3.05, 3.63) is 35.9 Å². The van der Waals surface area contributed by atoms with Crippen LogP contribution in [0.2, 0.25) is 0 Å². The number of carbonyl (C=O) groups excluding carboxylic acids is 2. The SMILES string of the molecule is N#C[C@]1(C(=O)OCc2ccccc2)[C@@H]2C(=O)CCC[C@@H]21. The number of carbonyl (C=O) groups is 2. The molecule has 2 aliphatic rings. The van der Waals surface area contributed by atoms with Crippen molar-refractivity contribution >= 4 is 11.8 Å². The first kappa shape index (κ1) is 12.9. The van der Waals surface area contributed by atoms with E-state index in [1.54, 1.807) is 0 Å². The molecule has 0 spiro atoms. The van der Waals surface area contributed by atoms with Gasteiger partial charge in [0.2, 0.25) is 0 Å². The van der Waals surface area contributed by atoms with Gasteiger partial charge in [0.05, 0.1) is 12.0 Å². The van der Waals surface area contributed by atoms with Gasteiger partial charge in [-0.15, -0.1) is 0 Å². The lowest BCUT2D eigenvalue weighted by Gasteiger charge is -2.09. The van der Waals surface area contributed by atoms with Gasteiger partial charge in [-0.1, -0.05) is 30.3 Å². The normalized spacial score (nSPS) is 31.1. The molecule has 0 saturated heterocycles. The summed E-state index contributed by atoms with van der Waals surface area (Å²) in [6.07, 6.45) is 2.02. The Balaban J connectivity index is 1.71. The smallest absolute Gasteiger partial charge is 0.327 e.